The van der Waals surface area contributed by atoms with Crippen LogP contribution in [0.3, 0.4) is 0 Å². The minimum absolute atomic E-state index is 0.215. The van der Waals surface area contributed by atoms with E-state index in [-0.39, 0.29) is 6.42 Å². The third-order valence-corrected chi connectivity index (χ3v) is 2.79. The molecule has 0 amide bonds. The Hall–Kier alpha value is -0.620. The molecule has 1 aromatic rings. The molecular weight excluding hydrogens is 290 g/mol. The van der Waals surface area contributed by atoms with E-state index in [2.05, 4.69) is 15.9 Å². The van der Waals surface area contributed by atoms with Crippen LogP contribution in [0, 0.1) is 5.82 Å². The van der Waals surface area contributed by atoms with E-state index in [1.807, 2.05) is 0 Å². The van der Waals surface area contributed by atoms with E-state index in [0.29, 0.717) is 10.0 Å². The fourth-order valence-electron chi connectivity index (χ4n) is 1.28. The molecule has 0 saturated heterocycles. The van der Waals surface area contributed by atoms with Crippen molar-refractivity contribution in [1.82, 2.24) is 0 Å². The smallest absolute Gasteiger partial charge is 0.324 e. The van der Waals surface area contributed by atoms with E-state index in [4.69, 9.17) is 5.73 Å². The molecule has 0 heterocycles. The van der Waals surface area contributed by atoms with Crippen LogP contribution >= 0.6 is 15.9 Å². The molecule has 0 fully saturated rings. The highest BCUT2D eigenvalue weighted by Crippen LogP contribution is 2.29. The van der Waals surface area contributed by atoms with Crippen LogP contribution in [0.15, 0.2) is 22.7 Å². The van der Waals surface area contributed by atoms with Gasteiger partial charge in [0.05, 0.1) is 0 Å². The molecule has 90 valence electrons. The zero-order chi connectivity index (χ0) is 12.3. The van der Waals surface area contributed by atoms with Gasteiger partial charge in [-0.25, -0.2) is 4.39 Å². The summed E-state index contributed by atoms with van der Waals surface area (Å²) in [4.78, 5) is 0. The van der Waals surface area contributed by atoms with Crippen LogP contribution in [0.1, 0.15) is 24.4 Å². The average Bonchev–Trinajstić information content (AvgIpc) is 2.13. The lowest BCUT2D eigenvalue weighted by Crippen LogP contribution is -2.16. The molecule has 0 bridgehead atoms. The van der Waals surface area contributed by atoms with Crippen molar-refractivity contribution in [3.63, 3.8) is 0 Å². The normalized spacial score (nSPS) is 13.9. The third kappa shape index (κ3) is 4.09. The van der Waals surface area contributed by atoms with Crippen LogP contribution in [0.2, 0.25) is 0 Å². The van der Waals surface area contributed by atoms with Gasteiger partial charge >= 0.3 is 6.18 Å². The van der Waals surface area contributed by atoms with Crippen molar-refractivity contribution in [1.29, 1.82) is 0 Å². The molecule has 16 heavy (non-hydrogen) atoms. The molecule has 6 heteroatoms. The number of nitrogens with two attached hydrogens (primary N) is 1. The number of alkyl halides is 3. The van der Waals surface area contributed by atoms with E-state index in [0.717, 1.165) is 0 Å². The molecule has 0 saturated carbocycles. The van der Waals surface area contributed by atoms with Gasteiger partial charge in [-0.2, -0.15) is 13.2 Å². The van der Waals surface area contributed by atoms with Gasteiger partial charge in [-0.1, -0.05) is 22.0 Å². The summed E-state index contributed by atoms with van der Waals surface area (Å²) in [6.45, 7) is 0. The van der Waals surface area contributed by atoms with Gasteiger partial charge in [0.25, 0.3) is 0 Å². The zero-order valence-electron chi connectivity index (χ0n) is 8.19. The van der Waals surface area contributed by atoms with Crippen molar-refractivity contribution in [2.24, 2.45) is 5.73 Å². The lowest BCUT2D eigenvalue weighted by Gasteiger charge is -2.15. The number of hydrogen-bond donors (Lipinski definition) is 1. The molecule has 0 aromatic heterocycles. The first kappa shape index (κ1) is 13.4. The fraction of sp³-hybridized carbons (Fsp3) is 0.400. The highest BCUT2D eigenvalue weighted by atomic mass is 79.9. The van der Waals surface area contributed by atoms with Gasteiger partial charge in [0.15, 0.2) is 0 Å². The topological polar surface area (TPSA) is 26.0 Å². The van der Waals surface area contributed by atoms with E-state index >= 15 is 0 Å². The van der Waals surface area contributed by atoms with E-state index in [1.54, 1.807) is 0 Å². The van der Waals surface area contributed by atoms with Gasteiger partial charge in [0.2, 0.25) is 0 Å². The largest absolute Gasteiger partial charge is 0.389 e. The highest BCUT2D eigenvalue weighted by Gasteiger charge is 2.28. The number of benzene rings is 1. The summed E-state index contributed by atoms with van der Waals surface area (Å²) in [6, 6.07) is 2.99. The molecule has 2 N–H and O–H groups in total. The van der Waals surface area contributed by atoms with Crippen LogP contribution in [0.25, 0.3) is 0 Å². The molecular formula is C10H10BrF4N. The quantitative estimate of drug-likeness (QED) is 0.841. The Morgan fingerprint density at radius 2 is 1.94 bits per heavy atom. The van der Waals surface area contributed by atoms with Crippen molar-refractivity contribution >= 4 is 15.9 Å². The molecule has 1 unspecified atom stereocenters. The van der Waals surface area contributed by atoms with Crippen LogP contribution in [0.4, 0.5) is 17.6 Å². The minimum atomic E-state index is -4.22. The summed E-state index contributed by atoms with van der Waals surface area (Å²) >= 11 is 3.07. The van der Waals surface area contributed by atoms with E-state index < -0.39 is 24.5 Å². The Bertz CT molecular complexity index is 364. The van der Waals surface area contributed by atoms with Crippen LogP contribution in [-0.2, 0) is 0 Å². The Labute approximate surface area is 98.8 Å². The maximum atomic E-state index is 12.7. The number of rotatable bonds is 3. The second-order valence-electron chi connectivity index (χ2n) is 3.43. The van der Waals surface area contributed by atoms with E-state index in [9.17, 15) is 17.6 Å². The fourth-order valence-corrected chi connectivity index (χ4v) is 1.92. The Kier molecular flexibility index (Phi) is 4.32. The Morgan fingerprint density at radius 1 is 1.31 bits per heavy atom. The van der Waals surface area contributed by atoms with Crippen molar-refractivity contribution in [2.75, 3.05) is 0 Å². The zero-order valence-corrected chi connectivity index (χ0v) is 9.78. The van der Waals surface area contributed by atoms with Crippen molar-refractivity contribution in [3.8, 4) is 0 Å². The maximum Gasteiger partial charge on any atom is 0.389 e. The standard InChI is InChI=1S/C10H10BrF4N/c11-8-5-6(12)1-2-7(8)9(16)3-4-10(13,14)15/h1-2,5,9H,3-4,16H2. The van der Waals surface area contributed by atoms with Gasteiger partial charge in [0.1, 0.15) is 5.82 Å². The lowest BCUT2D eigenvalue weighted by molar-refractivity contribution is -0.136. The summed E-state index contributed by atoms with van der Waals surface area (Å²) in [7, 11) is 0. The van der Waals surface area contributed by atoms with Crippen LogP contribution in [0.5, 0.6) is 0 Å². The van der Waals surface area contributed by atoms with E-state index in [1.165, 1.54) is 18.2 Å². The summed E-state index contributed by atoms with van der Waals surface area (Å²) in [6.07, 6.45) is -5.38. The van der Waals surface area contributed by atoms with Crippen molar-refractivity contribution in [2.45, 2.75) is 25.1 Å². The molecule has 1 rings (SSSR count). The maximum absolute atomic E-state index is 12.7. The number of halogens is 5. The van der Waals surface area contributed by atoms with Crippen molar-refractivity contribution < 1.29 is 17.6 Å². The van der Waals surface area contributed by atoms with Crippen LogP contribution in [-0.4, -0.2) is 6.18 Å². The SMILES string of the molecule is NC(CCC(F)(F)F)c1ccc(F)cc1Br. The van der Waals surface area contributed by atoms with Gasteiger partial charge in [-0.05, 0) is 24.1 Å². The van der Waals surface area contributed by atoms with Crippen LogP contribution < -0.4 is 5.73 Å². The van der Waals surface area contributed by atoms with Gasteiger partial charge in [0, 0.05) is 16.9 Å². The Morgan fingerprint density at radius 3 is 2.44 bits per heavy atom. The molecule has 0 aliphatic heterocycles. The molecule has 0 radical (unpaired) electrons. The second-order valence-corrected chi connectivity index (χ2v) is 4.28. The molecule has 0 spiro atoms. The predicted molar refractivity (Wildman–Crippen MR) is 56.3 cm³/mol. The van der Waals surface area contributed by atoms with Gasteiger partial charge in [-0.3, -0.25) is 0 Å². The molecule has 1 nitrogen and oxygen atoms in total. The van der Waals surface area contributed by atoms with Crippen molar-refractivity contribution in [3.05, 3.63) is 34.1 Å². The molecule has 0 aliphatic carbocycles. The predicted octanol–water partition coefficient (Wildman–Crippen LogP) is 3.93. The first-order valence-corrected chi connectivity index (χ1v) is 5.36. The monoisotopic (exact) mass is 299 g/mol. The van der Waals surface area contributed by atoms with Gasteiger partial charge in [-0.15, -0.1) is 0 Å². The summed E-state index contributed by atoms with van der Waals surface area (Å²) in [5.74, 6) is -0.460. The molecule has 1 aromatic carbocycles. The lowest BCUT2D eigenvalue weighted by atomic mass is 10.0. The summed E-state index contributed by atoms with van der Waals surface area (Å²) < 4.78 is 49.0. The molecule has 0 aliphatic rings. The molecule has 1 atom stereocenters. The first-order chi connectivity index (χ1) is 7.29. The highest BCUT2D eigenvalue weighted by molar-refractivity contribution is 9.10. The third-order valence-electron chi connectivity index (χ3n) is 2.10. The Balaban J connectivity index is 2.70. The first-order valence-electron chi connectivity index (χ1n) is 4.57. The summed E-state index contributed by atoms with van der Waals surface area (Å²) in [5, 5.41) is 0. The number of hydrogen-bond acceptors (Lipinski definition) is 1. The minimum Gasteiger partial charge on any atom is -0.324 e. The van der Waals surface area contributed by atoms with Gasteiger partial charge < -0.3 is 5.73 Å². The second kappa shape index (κ2) is 5.14. The average molecular weight is 300 g/mol. The summed E-state index contributed by atoms with van der Waals surface area (Å²) in [5.41, 5.74) is 6.08.